The number of hydrogen-bond donors (Lipinski definition) is 1. The van der Waals surface area contributed by atoms with Crippen LogP contribution in [0.1, 0.15) is 110 Å². The van der Waals surface area contributed by atoms with E-state index in [2.05, 4.69) is 18.9 Å². The van der Waals surface area contributed by atoms with Crippen LogP contribution in [0.2, 0.25) is 0 Å². The van der Waals surface area contributed by atoms with Gasteiger partial charge in [0.05, 0.1) is 7.11 Å². The Morgan fingerprint density at radius 3 is 1.72 bits per heavy atom. The van der Waals surface area contributed by atoms with E-state index in [9.17, 15) is 9.59 Å². The largest absolute Gasteiger partial charge is 0.464 e. The lowest BCUT2D eigenvalue weighted by molar-refractivity contribution is -0.251. The fraction of sp³-hybridized carbons (Fsp3) is 0.846. The maximum absolute atomic E-state index is 11.8. The van der Waals surface area contributed by atoms with Gasteiger partial charge in [-0.25, -0.2) is 4.79 Å². The third kappa shape index (κ3) is 10.3. The predicted molar refractivity (Wildman–Crippen MR) is 135 cm³/mol. The van der Waals surface area contributed by atoms with Crippen LogP contribution in [0.5, 0.6) is 0 Å². The molecule has 0 saturated heterocycles. The fourth-order valence-electron chi connectivity index (χ4n) is 5.30. The molecule has 184 valence electrons. The average Bonchev–Trinajstić information content (AvgIpc) is 2.82. The van der Waals surface area contributed by atoms with Crippen molar-refractivity contribution in [2.75, 3.05) is 13.7 Å². The number of nitrogens with one attached hydrogen (secondary N) is 1. The molecule has 0 aliphatic heterocycles. The van der Waals surface area contributed by atoms with E-state index < -0.39 is 5.97 Å². The van der Waals surface area contributed by atoms with E-state index in [4.69, 9.17) is 4.74 Å². The monoisotopic (exact) mass is 468 g/mol. The molecule has 1 atom stereocenters. The Bertz CT molecular complexity index is 558. The molecule has 1 N–H and O–H groups in total. The summed E-state index contributed by atoms with van der Waals surface area (Å²) in [6.45, 7) is 2.28. The Hall–Kier alpha value is -0.930. The van der Waals surface area contributed by atoms with E-state index in [1.807, 2.05) is 0 Å². The van der Waals surface area contributed by atoms with Crippen molar-refractivity contribution in [3.63, 3.8) is 0 Å². The Kier molecular flexibility index (Phi) is 13.5. The first kappa shape index (κ1) is 27.3. The molecule has 1 unspecified atom stereocenters. The van der Waals surface area contributed by atoms with Crippen LogP contribution in [0.25, 0.3) is 0 Å². The molecule has 3 aliphatic carbocycles. The van der Waals surface area contributed by atoms with E-state index in [0.29, 0.717) is 12.2 Å². The number of carbonyl (C=O) groups excluding carboxylic acids is 2. The highest BCUT2D eigenvalue weighted by Crippen LogP contribution is 2.33. The maximum atomic E-state index is 11.8. The Morgan fingerprint density at radius 2 is 1.34 bits per heavy atom. The molecule has 0 spiro atoms. The second-order valence-corrected chi connectivity index (χ2v) is 10.6. The van der Waals surface area contributed by atoms with E-state index in [1.54, 1.807) is 6.08 Å². The molecule has 3 fully saturated rings. The maximum Gasteiger partial charge on any atom is 0.354 e. The van der Waals surface area contributed by atoms with Gasteiger partial charge in [-0.2, -0.15) is 0 Å². The van der Waals surface area contributed by atoms with Gasteiger partial charge in [0.2, 0.25) is 5.91 Å². The van der Waals surface area contributed by atoms with Gasteiger partial charge in [-0.05, 0) is 50.3 Å². The lowest BCUT2D eigenvalue weighted by Gasteiger charge is -2.38. The summed E-state index contributed by atoms with van der Waals surface area (Å²) in [6.07, 6.45) is 24.1. The van der Waals surface area contributed by atoms with Crippen LogP contribution >= 0.6 is 9.24 Å². The van der Waals surface area contributed by atoms with Gasteiger partial charge in [-0.3, -0.25) is 4.79 Å². The molecule has 0 aromatic heterocycles. The highest BCUT2D eigenvalue weighted by Gasteiger charge is 2.33. The van der Waals surface area contributed by atoms with Gasteiger partial charge >= 0.3 is 5.97 Å². The van der Waals surface area contributed by atoms with Crippen molar-refractivity contribution in [2.45, 2.75) is 128 Å². The smallest absolute Gasteiger partial charge is 0.354 e. The van der Waals surface area contributed by atoms with Crippen LogP contribution in [0, 0.1) is 0 Å². The van der Waals surface area contributed by atoms with E-state index in [1.165, 1.54) is 110 Å². The number of ether oxygens (including phenoxy) is 1. The summed E-state index contributed by atoms with van der Waals surface area (Å²) in [5.41, 5.74) is 1.21. The molecule has 6 heteroatoms. The highest BCUT2D eigenvalue weighted by molar-refractivity contribution is 7.17. The van der Waals surface area contributed by atoms with Crippen molar-refractivity contribution in [2.24, 2.45) is 0 Å². The topological polar surface area (TPSA) is 58.1 Å². The summed E-state index contributed by atoms with van der Waals surface area (Å²) in [6, 6.07) is 0. The molecule has 0 radical (unpaired) electrons. The summed E-state index contributed by atoms with van der Waals surface area (Å²) in [4.78, 5) is 23.1. The average molecular weight is 469 g/mol. The summed E-state index contributed by atoms with van der Waals surface area (Å²) >= 11 is 0. The third-order valence-electron chi connectivity index (χ3n) is 7.03. The van der Waals surface area contributed by atoms with Crippen LogP contribution in [0.4, 0.5) is 0 Å². The minimum Gasteiger partial charge on any atom is -0.464 e. The number of carbonyl (C=O) groups is 2. The lowest BCUT2D eigenvalue weighted by Crippen LogP contribution is -2.39. The molecule has 5 nitrogen and oxygen atoms in total. The van der Waals surface area contributed by atoms with Gasteiger partial charge in [0.1, 0.15) is 12.3 Å². The molecule has 0 heterocycles. The zero-order chi connectivity index (χ0) is 23.2. The molecular formula is C26H47NO4P+. The van der Waals surface area contributed by atoms with Crippen molar-refractivity contribution in [3.05, 3.63) is 11.8 Å². The normalized spacial score (nSPS) is 21.6. The van der Waals surface area contributed by atoms with Crippen LogP contribution in [0.15, 0.2) is 11.8 Å². The van der Waals surface area contributed by atoms with Crippen LogP contribution in [-0.2, 0) is 18.7 Å². The standard InChI is InChI=1S/C20H33NO4.C6H13P/c1-16(22)21-19(20(23)24-2)14-9-15-25(17-10-5-3-6-11-17)18-12-7-4-8-13-18;7-6-4-2-1-3-5-6/h14,17-18H,3-13,15H2,1-2H3;6H,1-5,7H2/p+1/b19-14-;. The third-order valence-corrected chi connectivity index (χ3v) is 7.70. The van der Waals surface area contributed by atoms with E-state index in [0.717, 1.165) is 18.7 Å². The Balaban J connectivity index is 0.000000439. The van der Waals surface area contributed by atoms with Crippen LogP contribution < -0.4 is 5.32 Å². The molecule has 0 aromatic rings. The van der Waals surface area contributed by atoms with E-state index >= 15 is 0 Å². The van der Waals surface area contributed by atoms with Gasteiger partial charge < -0.3 is 14.4 Å². The summed E-state index contributed by atoms with van der Waals surface area (Å²) in [7, 11) is 4.24. The molecule has 0 aromatic carbocycles. The number of rotatable bonds is 7. The second kappa shape index (κ2) is 15.8. The van der Waals surface area contributed by atoms with Crippen molar-refractivity contribution in [1.29, 1.82) is 0 Å². The van der Waals surface area contributed by atoms with Gasteiger partial charge in [0.25, 0.3) is 0 Å². The zero-order valence-corrected chi connectivity index (χ0v) is 21.7. The second-order valence-electron chi connectivity index (χ2n) is 9.67. The van der Waals surface area contributed by atoms with Crippen molar-refractivity contribution >= 4 is 21.1 Å². The highest BCUT2D eigenvalue weighted by atomic mass is 31.0. The number of hydrogen-bond acceptors (Lipinski definition) is 3. The predicted octanol–water partition coefficient (Wildman–Crippen LogP) is 5.98. The zero-order valence-electron chi connectivity index (χ0n) is 20.5. The number of methoxy groups -OCH3 is 1. The molecule has 32 heavy (non-hydrogen) atoms. The number of esters is 1. The first-order chi connectivity index (χ1) is 15.5. The van der Waals surface area contributed by atoms with Crippen molar-refractivity contribution in [3.8, 4) is 0 Å². The van der Waals surface area contributed by atoms with Gasteiger partial charge in [-0.15, -0.1) is 9.24 Å². The Labute approximate surface area is 198 Å². The lowest BCUT2D eigenvalue weighted by atomic mass is 9.94. The molecule has 3 saturated carbocycles. The Morgan fingerprint density at radius 1 is 0.875 bits per heavy atom. The minimum absolute atomic E-state index is 0.249. The molecule has 3 aliphatic rings. The van der Waals surface area contributed by atoms with Crippen LogP contribution in [0.3, 0.4) is 0 Å². The fourth-order valence-corrected chi connectivity index (χ4v) is 5.77. The summed E-state index contributed by atoms with van der Waals surface area (Å²) in [5.74, 6) is -0.734. The molecule has 1 amide bonds. The summed E-state index contributed by atoms with van der Waals surface area (Å²) in [5, 5.41) is 2.58. The number of amides is 1. The van der Waals surface area contributed by atoms with Gasteiger partial charge in [0.15, 0.2) is 12.2 Å². The van der Waals surface area contributed by atoms with Gasteiger partial charge in [-0.1, -0.05) is 32.1 Å². The van der Waals surface area contributed by atoms with E-state index in [-0.39, 0.29) is 11.6 Å². The van der Waals surface area contributed by atoms with Crippen LogP contribution in [-0.4, -0.2) is 43.5 Å². The summed E-state index contributed by atoms with van der Waals surface area (Å²) < 4.78 is 8.43. The minimum atomic E-state index is -0.484. The SMILES string of the molecule is COC(=O)/C(=C/CC[O+](C1CCCCC1)C1CCCCC1)NC(C)=O.PC1CCCCC1. The molecule has 0 bridgehead atoms. The molecular weight excluding hydrogens is 421 g/mol. The van der Waals surface area contributed by atoms with Crippen molar-refractivity contribution in [1.82, 2.24) is 5.32 Å². The quantitative estimate of drug-likeness (QED) is 0.216. The first-order valence-corrected chi connectivity index (χ1v) is 13.7. The van der Waals surface area contributed by atoms with Crippen molar-refractivity contribution < 1.29 is 18.7 Å². The molecule has 3 rings (SSSR count). The first-order valence-electron chi connectivity index (χ1n) is 13.0. The van der Waals surface area contributed by atoms with Gasteiger partial charge in [0, 0.05) is 39.0 Å².